The summed E-state index contributed by atoms with van der Waals surface area (Å²) in [6, 6.07) is 6.08. The number of hydrogen-bond donors (Lipinski definition) is 2. The SMILES string of the molecule is O=c1[nH]c(=S)n(C2CC2)c(O)c1C=NCc1ccc(F)cc1. The Morgan fingerprint density at radius 3 is 2.73 bits per heavy atom. The zero-order chi connectivity index (χ0) is 15.7. The Bertz CT molecular complexity index is 835. The van der Waals surface area contributed by atoms with Crippen molar-refractivity contribution in [3.63, 3.8) is 0 Å². The number of hydrogen-bond acceptors (Lipinski definition) is 4. The molecule has 0 spiro atoms. The minimum Gasteiger partial charge on any atom is -0.494 e. The first-order chi connectivity index (χ1) is 10.6. The van der Waals surface area contributed by atoms with Gasteiger partial charge in [-0.1, -0.05) is 12.1 Å². The summed E-state index contributed by atoms with van der Waals surface area (Å²) in [5.74, 6) is -0.465. The first kappa shape index (κ1) is 14.6. The molecule has 7 heteroatoms. The lowest BCUT2D eigenvalue weighted by atomic mass is 10.2. The van der Waals surface area contributed by atoms with Gasteiger partial charge in [0.25, 0.3) is 5.56 Å². The van der Waals surface area contributed by atoms with Crippen LogP contribution in [0.4, 0.5) is 4.39 Å². The minimum atomic E-state index is -0.470. The Hall–Kier alpha value is -2.28. The maximum Gasteiger partial charge on any atom is 0.264 e. The van der Waals surface area contributed by atoms with E-state index in [2.05, 4.69) is 9.98 Å². The lowest BCUT2D eigenvalue weighted by Gasteiger charge is -2.09. The number of aliphatic imine (C=N–C) groups is 1. The number of benzene rings is 1. The Kier molecular flexibility index (Phi) is 3.89. The van der Waals surface area contributed by atoms with Crippen molar-refractivity contribution in [1.29, 1.82) is 0 Å². The molecule has 1 aromatic carbocycles. The molecule has 1 aliphatic carbocycles. The molecule has 0 amide bonds. The maximum atomic E-state index is 12.8. The van der Waals surface area contributed by atoms with Gasteiger partial charge in [0, 0.05) is 12.3 Å². The van der Waals surface area contributed by atoms with Gasteiger partial charge in [-0.3, -0.25) is 19.3 Å². The van der Waals surface area contributed by atoms with Crippen molar-refractivity contribution in [3.8, 4) is 5.88 Å². The van der Waals surface area contributed by atoms with Gasteiger partial charge in [-0.15, -0.1) is 0 Å². The summed E-state index contributed by atoms with van der Waals surface area (Å²) in [5, 5.41) is 10.2. The van der Waals surface area contributed by atoms with E-state index in [1.165, 1.54) is 18.3 Å². The van der Waals surface area contributed by atoms with Gasteiger partial charge >= 0.3 is 0 Å². The average Bonchev–Trinajstić information content (AvgIpc) is 3.29. The molecule has 0 unspecified atom stereocenters. The highest BCUT2D eigenvalue weighted by atomic mass is 32.1. The fourth-order valence-electron chi connectivity index (χ4n) is 2.17. The van der Waals surface area contributed by atoms with Crippen molar-refractivity contribution in [3.05, 3.63) is 56.3 Å². The molecule has 1 fully saturated rings. The second kappa shape index (κ2) is 5.84. The molecule has 5 nitrogen and oxygen atoms in total. The van der Waals surface area contributed by atoms with Gasteiger partial charge in [0.1, 0.15) is 11.4 Å². The van der Waals surface area contributed by atoms with Crippen LogP contribution >= 0.6 is 12.2 Å². The Labute approximate surface area is 130 Å². The van der Waals surface area contributed by atoms with E-state index in [4.69, 9.17) is 12.2 Å². The molecular formula is C15H14FN3O2S. The molecule has 0 aliphatic heterocycles. The smallest absolute Gasteiger partial charge is 0.264 e. The van der Waals surface area contributed by atoms with Crippen molar-refractivity contribution in [1.82, 2.24) is 9.55 Å². The molecule has 2 N–H and O–H groups in total. The summed E-state index contributed by atoms with van der Waals surface area (Å²) < 4.78 is 14.6. The fraction of sp³-hybridized carbons (Fsp3) is 0.267. The monoisotopic (exact) mass is 319 g/mol. The molecule has 0 bridgehead atoms. The van der Waals surface area contributed by atoms with Gasteiger partial charge in [0.2, 0.25) is 5.88 Å². The molecule has 22 heavy (non-hydrogen) atoms. The number of nitrogens with one attached hydrogen (secondary N) is 1. The largest absolute Gasteiger partial charge is 0.494 e. The predicted octanol–water partition coefficient (Wildman–Crippen LogP) is 2.70. The molecular weight excluding hydrogens is 305 g/mol. The molecule has 1 saturated carbocycles. The van der Waals surface area contributed by atoms with Crippen molar-refractivity contribution in [2.24, 2.45) is 4.99 Å². The number of halogens is 1. The molecule has 0 radical (unpaired) electrons. The highest BCUT2D eigenvalue weighted by Crippen LogP contribution is 2.37. The van der Waals surface area contributed by atoms with Crippen LogP contribution in [0.2, 0.25) is 0 Å². The van der Waals surface area contributed by atoms with Crippen LogP contribution in [-0.2, 0) is 6.54 Å². The lowest BCUT2D eigenvalue weighted by Crippen LogP contribution is -2.18. The number of aromatic nitrogens is 2. The van der Waals surface area contributed by atoms with Crippen molar-refractivity contribution in [2.45, 2.75) is 25.4 Å². The summed E-state index contributed by atoms with van der Waals surface area (Å²) in [5.41, 5.74) is 0.424. The average molecular weight is 319 g/mol. The van der Waals surface area contributed by atoms with Crippen molar-refractivity contribution < 1.29 is 9.50 Å². The molecule has 3 rings (SSSR count). The number of H-pyrrole nitrogens is 1. The minimum absolute atomic E-state index is 0.0858. The van der Waals surface area contributed by atoms with Gasteiger partial charge in [-0.05, 0) is 42.8 Å². The topological polar surface area (TPSA) is 70.4 Å². The molecule has 1 aliphatic rings. The number of nitrogens with zero attached hydrogens (tertiary/aromatic N) is 2. The van der Waals surface area contributed by atoms with Crippen molar-refractivity contribution in [2.75, 3.05) is 0 Å². The van der Waals surface area contributed by atoms with E-state index in [-0.39, 0.29) is 34.6 Å². The van der Waals surface area contributed by atoms with Gasteiger partial charge < -0.3 is 5.11 Å². The predicted molar refractivity (Wildman–Crippen MR) is 83.5 cm³/mol. The first-order valence-corrected chi connectivity index (χ1v) is 7.29. The van der Waals surface area contributed by atoms with E-state index in [1.807, 2.05) is 0 Å². The second-order valence-electron chi connectivity index (χ2n) is 5.19. The zero-order valence-corrected chi connectivity index (χ0v) is 12.4. The Morgan fingerprint density at radius 1 is 1.41 bits per heavy atom. The summed E-state index contributed by atoms with van der Waals surface area (Å²) in [7, 11) is 0. The van der Waals surface area contributed by atoms with Crippen LogP contribution in [0.1, 0.15) is 30.0 Å². The molecule has 0 saturated heterocycles. The van der Waals surface area contributed by atoms with Crippen molar-refractivity contribution >= 4 is 18.4 Å². The fourth-order valence-corrected chi connectivity index (χ4v) is 2.50. The third kappa shape index (κ3) is 2.99. The van der Waals surface area contributed by atoms with E-state index in [0.29, 0.717) is 0 Å². The number of aromatic hydroxyl groups is 1. The standard InChI is InChI=1S/C15H14FN3O2S/c16-10-3-1-9(2-4-10)7-17-8-12-13(20)18-15(22)19(14(12)21)11-5-6-11/h1-4,8,11,21H,5-7H2,(H,18,20,22). The van der Waals surface area contributed by atoms with Crippen LogP contribution in [-0.4, -0.2) is 20.9 Å². The maximum absolute atomic E-state index is 12.8. The third-order valence-electron chi connectivity index (χ3n) is 3.47. The Morgan fingerprint density at radius 2 is 2.09 bits per heavy atom. The van der Waals surface area contributed by atoms with E-state index in [1.54, 1.807) is 16.7 Å². The quantitative estimate of drug-likeness (QED) is 0.672. The summed E-state index contributed by atoms with van der Waals surface area (Å²) in [4.78, 5) is 18.6. The van der Waals surface area contributed by atoms with E-state index in [9.17, 15) is 14.3 Å². The summed E-state index contributed by atoms with van der Waals surface area (Å²) in [6.07, 6.45) is 3.19. The van der Waals surface area contributed by atoms with Crippen LogP contribution in [0.3, 0.4) is 0 Å². The van der Waals surface area contributed by atoms with E-state index in [0.717, 1.165) is 18.4 Å². The van der Waals surface area contributed by atoms with Gasteiger partial charge in [0.15, 0.2) is 4.77 Å². The van der Waals surface area contributed by atoms with Crippen LogP contribution in [0.5, 0.6) is 5.88 Å². The molecule has 1 aromatic heterocycles. The second-order valence-corrected chi connectivity index (χ2v) is 5.58. The zero-order valence-electron chi connectivity index (χ0n) is 11.6. The first-order valence-electron chi connectivity index (χ1n) is 6.88. The Balaban J connectivity index is 1.87. The van der Waals surface area contributed by atoms with Gasteiger partial charge in [-0.2, -0.15) is 0 Å². The van der Waals surface area contributed by atoms with Crippen LogP contribution in [0, 0.1) is 10.6 Å². The molecule has 1 heterocycles. The van der Waals surface area contributed by atoms with Crippen LogP contribution in [0.25, 0.3) is 0 Å². The summed E-state index contributed by atoms with van der Waals surface area (Å²) >= 11 is 5.07. The highest BCUT2D eigenvalue weighted by Gasteiger charge is 2.27. The van der Waals surface area contributed by atoms with E-state index >= 15 is 0 Å². The number of aromatic amines is 1. The highest BCUT2D eigenvalue weighted by molar-refractivity contribution is 7.71. The van der Waals surface area contributed by atoms with Crippen LogP contribution in [0.15, 0.2) is 34.1 Å². The lowest BCUT2D eigenvalue weighted by molar-refractivity contribution is 0.405. The molecule has 0 atom stereocenters. The van der Waals surface area contributed by atoms with Gasteiger partial charge in [0.05, 0.1) is 6.54 Å². The van der Waals surface area contributed by atoms with E-state index < -0.39 is 5.56 Å². The third-order valence-corrected chi connectivity index (χ3v) is 3.77. The molecule has 114 valence electrons. The molecule has 2 aromatic rings. The normalized spacial score (nSPS) is 14.6. The van der Waals surface area contributed by atoms with Gasteiger partial charge in [-0.25, -0.2) is 4.39 Å². The van der Waals surface area contributed by atoms with Crippen LogP contribution < -0.4 is 5.56 Å². The summed E-state index contributed by atoms with van der Waals surface area (Å²) in [6.45, 7) is 0.290. The number of rotatable bonds is 4.